The zero-order chi connectivity index (χ0) is 10.7. The van der Waals surface area contributed by atoms with E-state index in [1.807, 2.05) is 0 Å². The van der Waals surface area contributed by atoms with Gasteiger partial charge < -0.3 is 9.84 Å². The molecule has 0 fully saturated rings. The smallest absolute Gasteiger partial charge is 0.308 e. The second-order valence-electron chi connectivity index (χ2n) is 2.96. The molecule has 76 valence electrons. The van der Waals surface area contributed by atoms with Gasteiger partial charge in [-0.15, -0.1) is 0 Å². The summed E-state index contributed by atoms with van der Waals surface area (Å²) in [6.07, 6.45) is 0. The summed E-state index contributed by atoms with van der Waals surface area (Å²) < 4.78 is 4.96. The van der Waals surface area contributed by atoms with Crippen LogP contribution in [0.4, 0.5) is 0 Å². The fourth-order valence-electron chi connectivity index (χ4n) is 1.21. The van der Waals surface area contributed by atoms with Crippen molar-refractivity contribution in [2.75, 3.05) is 0 Å². The molecule has 0 saturated heterocycles. The van der Waals surface area contributed by atoms with E-state index in [0.29, 0.717) is 16.3 Å². The van der Waals surface area contributed by atoms with Gasteiger partial charge in [-0.2, -0.15) is 0 Å². The fourth-order valence-corrected chi connectivity index (χ4v) is 1.50. The van der Waals surface area contributed by atoms with E-state index in [4.69, 9.17) is 21.4 Å². The van der Waals surface area contributed by atoms with E-state index in [0.717, 1.165) is 5.56 Å². The summed E-state index contributed by atoms with van der Waals surface area (Å²) in [6.45, 7) is 2.88. The van der Waals surface area contributed by atoms with Crippen molar-refractivity contribution in [2.45, 2.75) is 20.5 Å². The molecule has 0 spiro atoms. The van der Waals surface area contributed by atoms with Gasteiger partial charge in [0, 0.05) is 17.5 Å². The highest BCUT2D eigenvalue weighted by atomic mass is 35.5. The van der Waals surface area contributed by atoms with E-state index >= 15 is 0 Å². The second kappa shape index (κ2) is 4.44. The quantitative estimate of drug-likeness (QED) is 0.606. The van der Waals surface area contributed by atoms with Gasteiger partial charge in [0.25, 0.3) is 0 Å². The van der Waals surface area contributed by atoms with E-state index in [9.17, 15) is 4.79 Å². The highest BCUT2D eigenvalue weighted by Gasteiger charge is 2.10. The van der Waals surface area contributed by atoms with E-state index in [1.54, 1.807) is 19.1 Å². The molecule has 1 rings (SSSR count). The van der Waals surface area contributed by atoms with Gasteiger partial charge in [0.15, 0.2) is 0 Å². The molecule has 0 aliphatic rings. The number of aliphatic hydroxyl groups is 1. The normalized spacial score (nSPS) is 10.0. The molecule has 3 nitrogen and oxygen atoms in total. The average Bonchev–Trinajstić information content (AvgIpc) is 2.08. The van der Waals surface area contributed by atoms with Crippen LogP contribution < -0.4 is 4.74 Å². The lowest BCUT2D eigenvalue weighted by molar-refractivity contribution is -0.132. The maximum absolute atomic E-state index is 10.8. The number of aliphatic hydroxyl groups excluding tert-OH is 1. The molecule has 0 amide bonds. The van der Waals surface area contributed by atoms with Crippen molar-refractivity contribution >= 4 is 17.6 Å². The van der Waals surface area contributed by atoms with Crippen LogP contribution in [0.25, 0.3) is 0 Å². The Balaban J connectivity index is 3.18. The third-order valence-electron chi connectivity index (χ3n) is 1.73. The van der Waals surface area contributed by atoms with Crippen LogP contribution in [0.2, 0.25) is 5.02 Å². The number of halogens is 1. The van der Waals surface area contributed by atoms with Gasteiger partial charge in [0.2, 0.25) is 0 Å². The van der Waals surface area contributed by atoms with Gasteiger partial charge in [0.05, 0.1) is 6.61 Å². The number of hydrogen-bond donors (Lipinski definition) is 1. The molecule has 0 radical (unpaired) electrons. The molecular weight excluding hydrogens is 204 g/mol. The number of aryl methyl sites for hydroxylation is 1. The number of carbonyl (C=O) groups is 1. The molecule has 0 atom stereocenters. The summed E-state index contributed by atoms with van der Waals surface area (Å²) in [5.74, 6) is -0.0190. The number of carbonyl (C=O) groups excluding carboxylic acids is 1. The van der Waals surface area contributed by atoms with Crippen LogP contribution in [0.3, 0.4) is 0 Å². The van der Waals surface area contributed by atoms with Crippen LogP contribution in [0.15, 0.2) is 12.1 Å². The number of esters is 1. The lowest BCUT2D eigenvalue weighted by Gasteiger charge is -2.10. The molecule has 0 aliphatic carbocycles. The molecule has 0 aliphatic heterocycles. The number of rotatable bonds is 2. The first kappa shape index (κ1) is 11.0. The first-order valence-electron chi connectivity index (χ1n) is 4.13. The highest BCUT2D eigenvalue weighted by molar-refractivity contribution is 6.30. The van der Waals surface area contributed by atoms with E-state index in [-0.39, 0.29) is 6.61 Å². The lowest BCUT2D eigenvalue weighted by atomic mass is 10.1. The Labute approximate surface area is 87.3 Å². The van der Waals surface area contributed by atoms with Crippen molar-refractivity contribution in [3.8, 4) is 5.75 Å². The first-order chi connectivity index (χ1) is 6.54. The molecule has 14 heavy (non-hydrogen) atoms. The Kier molecular flexibility index (Phi) is 3.49. The average molecular weight is 215 g/mol. The van der Waals surface area contributed by atoms with Crippen LogP contribution in [0, 0.1) is 6.92 Å². The predicted molar refractivity (Wildman–Crippen MR) is 53.4 cm³/mol. The minimum Gasteiger partial charge on any atom is -0.426 e. The van der Waals surface area contributed by atoms with Gasteiger partial charge in [0.1, 0.15) is 5.75 Å². The van der Waals surface area contributed by atoms with Crippen molar-refractivity contribution < 1.29 is 14.6 Å². The monoisotopic (exact) mass is 214 g/mol. The maximum atomic E-state index is 10.8. The highest BCUT2D eigenvalue weighted by Crippen LogP contribution is 2.27. The Morgan fingerprint density at radius 3 is 2.71 bits per heavy atom. The number of ether oxygens (including phenoxy) is 1. The Morgan fingerprint density at radius 2 is 2.21 bits per heavy atom. The SMILES string of the molecule is CC(=O)Oc1c(C)cc(Cl)cc1CO. The first-order valence-corrected chi connectivity index (χ1v) is 4.50. The summed E-state index contributed by atoms with van der Waals surface area (Å²) in [4.78, 5) is 10.8. The summed E-state index contributed by atoms with van der Waals surface area (Å²) >= 11 is 5.79. The summed E-state index contributed by atoms with van der Waals surface area (Å²) in [6, 6.07) is 3.26. The third kappa shape index (κ3) is 2.47. The van der Waals surface area contributed by atoms with Crippen LogP contribution in [-0.4, -0.2) is 11.1 Å². The van der Waals surface area contributed by atoms with Crippen molar-refractivity contribution in [2.24, 2.45) is 0 Å². The minimum absolute atomic E-state index is 0.204. The Bertz CT molecular complexity index is 361. The predicted octanol–water partition coefficient (Wildman–Crippen LogP) is 2.07. The van der Waals surface area contributed by atoms with Gasteiger partial charge in [-0.1, -0.05) is 11.6 Å². The number of benzene rings is 1. The lowest BCUT2D eigenvalue weighted by Crippen LogP contribution is -2.05. The summed E-state index contributed by atoms with van der Waals surface area (Å²) in [7, 11) is 0. The van der Waals surface area contributed by atoms with Crippen molar-refractivity contribution in [3.63, 3.8) is 0 Å². The minimum atomic E-state index is -0.412. The molecule has 1 aromatic carbocycles. The van der Waals surface area contributed by atoms with Crippen LogP contribution in [0.5, 0.6) is 5.75 Å². The Hall–Kier alpha value is -1.06. The molecule has 4 heteroatoms. The molecule has 1 aromatic rings. The van der Waals surface area contributed by atoms with Crippen LogP contribution >= 0.6 is 11.6 Å². The van der Waals surface area contributed by atoms with Gasteiger partial charge in [-0.25, -0.2) is 0 Å². The second-order valence-corrected chi connectivity index (χ2v) is 3.40. The topological polar surface area (TPSA) is 46.5 Å². The largest absolute Gasteiger partial charge is 0.426 e. The third-order valence-corrected chi connectivity index (χ3v) is 1.95. The molecule has 0 bridgehead atoms. The maximum Gasteiger partial charge on any atom is 0.308 e. The van der Waals surface area contributed by atoms with Crippen LogP contribution in [-0.2, 0) is 11.4 Å². The van der Waals surface area contributed by atoms with Gasteiger partial charge in [-0.3, -0.25) is 4.79 Å². The zero-order valence-corrected chi connectivity index (χ0v) is 8.76. The molecular formula is C10H11ClO3. The molecule has 1 N–H and O–H groups in total. The molecule has 0 aromatic heterocycles. The molecule has 0 heterocycles. The zero-order valence-electron chi connectivity index (χ0n) is 8.00. The van der Waals surface area contributed by atoms with Crippen molar-refractivity contribution in [3.05, 3.63) is 28.3 Å². The summed E-state index contributed by atoms with van der Waals surface area (Å²) in [5.41, 5.74) is 1.25. The molecule has 0 unspecified atom stereocenters. The van der Waals surface area contributed by atoms with Gasteiger partial charge >= 0.3 is 5.97 Å². The van der Waals surface area contributed by atoms with Crippen LogP contribution in [0.1, 0.15) is 18.1 Å². The van der Waals surface area contributed by atoms with E-state index < -0.39 is 5.97 Å². The number of hydrogen-bond acceptors (Lipinski definition) is 3. The van der Waals surface area contributed by atoms with E-state index in [1.165, 1.54) is 6.92 Å². The van der Waals surface area contributed by atoms with Crippen molar-refractivity contribution in [1.82, 2.24) is 0 Å². The van der Waals surface area contributed by atoms with E-state index in [2.05, 4.69) is 0 Å². The fraction of sp³-hybridized carbons (Fsp3) is 0.300. The van der Waals surface area contributed by atoms with Crippen molar-refractivity contribution in [1.29, 1.82) is 0 Å². The summed E-state index contributed by atoms with van der Waals surface area (Å²) in [5, 5.41) is 9.55. The van der Waals surface area contributed by atoms with Gasteiger partial charge in [-0.05, 0) is 24.6 Å². The molecule has 0 saturated carbocycles. The Morgan fingerprint density at radius 1 is 1.57 bits per heavy atom. The standard InChI is InChI=1S/C10H11ClO3/c1-6-3-9(11)4-8(5-12)10(6)14-7(2)13/h3-4,12H,5H2,1-2H3.